The van der Waals surface area contributed by atoms with Crippen LogP contribution in [0, 0.1) is 18.3 Å². The molecule has 1 atom stereocenters. The van der Waals surface area contributed by atoms with Crippen LogP contribution < -0.4 is 11.1 Å². The van der Waals surface area contributed by atoms with E-state index < -0.39 is 0 Å². The van der Waals surface area contributed by atoms with Crippen molar-refractivity contribution < 1.29 is 0 Å². The molecule has 3 aliphatic carbocycles. The summed E-state index contributed by atoms with van der Waals surface area (Å²) < 4.78 is 0. The van der Waals surface area contributed by atoms with Gasteiger partial charge < -0.3 is 11.1 Å². The van der Waals surface area contributed by atoms with Gasteiger partial charge in [-0.1, -0.05) is 31.2 Å². The van der Waals surface area contributed by atoms with Gasteiger partial charge in [-0.25, -0.2) is 0 Å². The fourth-order valence-electron chi connectivity index (χ4n) is 3.71. The number of nitrogens with two attached hydrogens (primary N) is 1. The monoisotopic (exact) mass is 242 g/mol. The summed E-state index contributed by atoms with van der Waals surface area (Å²) in [6.45, 7) is 8.60. The molecule has 18 heavy (non-hydrogen) atoms. The summed E-state index contributed by atoms with van der Waals surface area (Å²) in [4.78, 5) is 0. The average Bonchev–Trinajstić information content (AvgIpc) is 2.26. The molecule has 1 aromatic carbocycles. The standard InChI is InChI=1S/C16H22N2/c1-11-4-6-14(7-5-11)18-13(3)12(2)15-8-16(17,9-15)10-15/h4-7,12,18H,3,8-10,17H2,1-2H3. The maximum atomic E-state index is 6.13. The normalized spacial score (nSPS) is 34.2. The number of allylic oxidation sites excluding steroid dienone is 1. The molecule has 4 rings (SSSR count). The number of aryl methyl sites for hydroxylation is 1. The molecule has 2 heteroatoms. The highest BCUT2D eigenvalue weighted by molar-refractivity contribution is 5.49. The van der Waals surface area contributed by atoms with E-state index in [-0.39, 0.29) is 5.54 Å². The van der Waals surface area contributed by atoms with Crippen LogP contribution in [0.5, 0.6) is 0 Å². The molecular weight excluding hydrogens is 220 g/mol. The molecule has 1 unspecified atom stereocenters. The van der Waals surface area contributed by atoms with E-state index in [1.807, 2.05) is 0 Å². The van der Waals surface area contributed by atoms with Crippen molar-refractivity contribution in [1.29, 1.82) is 0 Å². The highest BCUT2D eigenvalue weighted by atomic mass is 15.0. The number of hydrogen-bond donors (Lipinski definition) is 2. The van der Waals surface area contributed by atoms with Gasteiger partial charge in [0.1, 0.15) is 0 Å². The zero-order valence-corrected chi connectivity index (χ0v) is 11.3. The van der Waals surface area contributed by atoms with Crippen molar-refractivity contribution in [3.05, 3.63) is 42.1 Å². The van der Waals surface area contributed by atoms with Gasteiger partial charge in [-0.2, -0.15) is 0 Å². The summed E-state index contributed by atoms with van der Waals surface area (Å²) in [6.07, 6.45) is 3.53. The van der Waals surface area contributed by atoms with Crippen molar-refractivity contribution in [2.24, 2.45) is 17.1 Å². The van der Waals surface area contributed by atoms with Crippen LogP contribution >= 0.6 is 0 Å². The smallest absolute Gasteiger partial charge is 0.0381 e. The van der Waals surface area contributed by atoms with Gasteiger partial charge >= 0.3 is 0 Å². The number of benzene rings is 1. The third-order valence-corrected chi connectivity index (χ3v) is 4.91. The van der Waals surface area contributed by atoms with E-state index in [0.29, 0.717) is 11.3 Å². The molecule has 3 fully saturated rings. The van der Waals surface area contributed by atoms with Gasteiger partial charge in [-0.15, -0.1) is 0 Å². The van der Waals surface area contributed by atoms with Crippen LogP contribution in [0.25, 0.3) is 0 Å². The van der Waals surface area contributed by atoms with Gasteiger partial charge in [-0.05, 0) is 43.7 Å². The van der Waals surface area contributed by atoms with E-state index in [9.17, 15) is 0 Å². The minimum absolute atomic E-state index is 0.179. The quantitative estimate of drug-likeness (QED) is 0.848. The van der Waals surface area contributed by atoms with Crippen molar-refractivity contribution in [3.63, 3.8) is 0 Å². The molecule has 3 N–H and O–H groups in total. The van der Waals surface area contributed by atoms with Gasteiger partial charge in [0.05, 0.1) is 0 Å². The van der Waals surface area contributed by atoms with Crippen LogP contribution in [0.3, 0.4) is 0 Å². The SMILES string of the molecule is C=C(Nc1ccc(C)cc1)C(C)C12CC(N)(C1)C2. The molecule has 0 heterocycles. The average molecular weight is 242 g/mol. The zero-order valence-electron chi connectivity index (χ0n) is 11.3. The lowest BCUT2D eigenvalue weighted by Gasteiger charge is -2.71. The van der Waals surface area contributed by atoms with Crippen LogP contribution in [0.2, 0.25) is 0 Å². The summed E-state index contributed by atoms with van der Waals surface area (Å²) in [5.41, 5.74) is 10.3. The van der Waals surface area contributed by atoms with Gasteiger partial charge in [0.2, 0.25) is 0 Å². The Morgan fingerprint density at radius 1 is 1.28 bits per heavy atom. The molecule has 2 nitrogen and oxygen atoms in total. The zero-order chi connectivity index (χ0) is 13.0. The number of hydrogen-bond acceptors (Lipinski definition) is 2. The third-order valence-electron chi connectivity index (χ3n) is 4.91. The minimum Gasteiger partial charge on any atom is -0.359 e. The Labute approximate surface area is 109 Å². The van der Waals surface area contributed by atoms with Crippen molar-refractivity contribution in [2.45, 2.75) is 38.6 Å². The summed E-state index contributed by atoms with van der Waals surface area (Å²) in [7, 11) is 0. The molecule has 0 aliphatic heterocycles. The third kappa shape index (κ3) is 1.67. The second-order valence-corrected chi connectivity index (χ2v) is 6.49. The number of anilines is 1. The topological polar surface area (TPSA) is 38.0 Å². The van der Waals surface area contributed by atoms with Crippen LogP contribution in [-0.2, 0) is 0 Å². The molecule has 96 valence electrons. The van der Waals surface area contributed by atoms with Gasteiger partial charge in [-0.3, -0.25) is 0 Å². The molecule has 2 bridgehead atoms. The highest BCUT2D eigenvalue weighted by Crippen LogP contribution is 2.70. The first-order valence-electron chi connectivity index (χ1n) is 6.74. The van der Waals surface area contributed by atoms with Crippen molar-refractivity contribution in [3.8, 4) is 0 Å². The molecule has 0 saturated heterocycles. The van der Waals surface area contributed by atoms with E-state index in [0.717, 1.165) is 11.4 Å². The minimum atomic E-state index is 0.179. The lowest BCUT2D eigenvalue weighted by atomic mass is 9.36. The Balaban J connectivity index is 1.63. The molecular formula is C16H22N2. The first-order chi connectivity index (χ1) is 8.42. The first kappa shape index (κ1) is 11.8. The highest BCUT2D eigenvalue weighted by Gasteiger charge is 2.67. The summed E-state index contributed by atoms with van der Waals surface area (Å²) in [6, 6.07) is 8.46. The predicted octanol–water partition coefficient (Wildman–Crippen LogP) is 3.44. The summed E-state index contributed by atoms with van der Waals surface area (Å²) in [5, 5.41) is 3.45. The number of rotatable bonds is 4. The van der Waals surface area contributed by atoms with E-state index >= 15 is 0 Å². The predicted molar refractivity (Wildman–Crippen MR) is 76.3 cm³/mol. The van der Waals surface area contributed by atoms with Crippen LogP contribution in [0.1, 0.15) is 31.7 Å². The Hall–Kier alpha value is -1.28. The molecule has 0 aromatic heterocycles. The van der Waals surface area contributed by atoms with Crippen LogP contribution in [0.4, 0.5) is 5.69 Å². The Morgan fingerprint density at radius 2 is 1.83 bits per heavy atom. The van der Waals surface area contributed by atoms with E-state index in [2.05, 4.69) is 50.0 Å². The van der Waals surface area contributed by atoms with Crippen molar-refractivity contribution >= 4 is 5.69 Å². The summed E-state index contributed by atoms with van der Waals surface area (Å²) >= 11 is 0. The Bertz CT molecular complexity index is 467. The maximum absolute atomic E-state index is 6.13. The van der Waals surface area contributed by atoms with Gasteiger partial charge in [0, 0.05) is 22.8 Å². The van der Waals surface area contributed by atoms with Gasteiger partial charge in [0.25, 0.3) is 0 Å². The van der Waals surface area contributed by atoms with E-state index in [4.69, 9.17) is 5.73 Å². The Morgan fingerprint density at radius 3 is 2.33 bits per heavy atom. The van der Waals surface area contributed by atoms with Crippen LogP contribution in [-0.4, -0.2) is 5.54 Å². The van der Waals surface area contributed by atoms with Crippen molar-refractivity contribution in [2.75, 3.05) is 5.32 Å². The van der Waals surface area contributed by atoms with Crippen molar-refractivity contribution in [1.82, 2.24) is 0 Å². The second kappa shape index (κ2) is 3.61. The molecule has 0 radical (unpaired) electrons. The van der Waals surface area contributed by atoms with Gasteiger partial charge in [0.15, 0.2) is 0 Å². The van der Waals surface area contributed by atoms with E-state index in [1.54, 1.807) is 0 Å². The molecule has 3 saturated carbocycles. The molecule has 0 amide bonds. The summed E-state index contributed by atoms with van der Waals surface area (Å²) in [5.74, 6) is 0.504. The maximum Gasteiger partial charge on any atom is 0.0381 e. The lowest BCUT2D eigenvalue weighted by Crippen LogP contribution is -2.74. The van der Waals surface area contributed by atoms with E-state index in [1.165, 1.54) is 24.8 Å². The lowest BCUT2D eigenvalue weighted by molar-refractivity contribution is -0.157. The molecule has 0 spiro atoms. The molecule has 3 aliphatic rings. The first-order valence-corrected chi connectivity index (χ1v) is 6.74. The Kier molecular flexibility index (Phi) is 2.36. The second-order valence-electron chi connectivity index (χ2n) is 6.49. The fourth-order valence-corrected chi connectivity index (χ4v) is 3.71. The number of nitrogens with one attached hydrogen (secondary N) is 1. The fraction of sp³-hybridized carbons (Fsp3) is 0.500. The largest absolute Gasteiger partial charge is 0.359 e. The molecule has 1 aromatic rings. The van der Waals surface area contributed by atoms with Crippen LogP contribution in [0.15, 0.2) is 36.5 Å².